The Labute approximate surface area is 244 Å². The van der Waals surface area contributed by atoms with Crippen molar-refractivity contribution in [3.8, 4) is 5.75 Å². The van der Waals surface area contributed by atoms with E-state index in [4.69, 9.17) is 11.6 Å². The Morgan fingerprint density at radius 1 is 1.02 bits per heavy atom. The molecule has 2 N–H and O–H groups in total. The van der Waals surface area contributed by atoms with E-state index >= 15 is 0 Å². The topological polar surface area (TPSA) is 96.4 Å². The Kier molecular flexibility index (Phi) is 8.56. The van der Waals surface area contributed by atoms with Gasteiger partial charge in [-0.2, -0.15) is 5.01 Å². The van der Waals surface area contributed by atoms with Crippen molar-refractivity contribution in [3.05, 3.63) is 113 Å². The van der Waals surface area contributed by atoms with Crippen LogP contribution in [-0.4, -0.2) is 74.6 Å². The summed E-state index contributed by atoms with van der Waals surface area (Å²) in [7, 11) is 0. The van der Waals surface area contributed by atoms with Gasteiger partial charge in [-0.3, -0.25) is 14.6 Å². The monoisotopic (exact) mass is 573 g/mol. The van der Waals surface area contributed by atoms with Gasteiger partial charge in [-0.25, -0.2) is 4.79 Å². The molecule has 9 nitrogen and oxygen atoms in total. The summed E-state index contributed by atoms with van der Waals surface area (Å²) in [4.78, 5) is 44.2. The number of hydrogen-bond donors (Lipinski definition) is 2. The molecule has 2 fully saturated rings. The summed E-state index contributed by atoms with van der Waals surface area (Å²) in [5, 5.41) is 16.4. The fourth-order valence-electron chi connectivity index (χ4n) is 5.37. The van der Waals surface area contributed by atoms with Gasteiger partial charge >= 0.3 is 6.03 Å². The van der Waals surface area contributed by atoms with Crippen LogP contribution in [0.5, 0.6) is 5.75 Å². The van der Waals surface area contributed by atoms with Crippen LogP contribution in [0.2, 0.25) is 5.02 Å². The lowest BCUT2D eigenvalue weighted by atomic mass is 10.00. The highest BCUT2D eigenvalue weighted by atomic mass is 35.5. The van der Waals surface area contributed by atoms with E-state index in [1.54, 1.807) is 51.2 Å². The second-order valence-electron chi connectivity index (χ2n) is 10.1. The van der Waals surface area contributed by atoms with E-state index in [0.717, 1.165) is 16.7 Å². The maximum Gasteiger partial charge on any atom is 0.332 e. The fraction of sp³-hybridized carbons (Fsp3) is 0.258. The van der Waals surface area contributed by atoms with Gasteiger partial charge in [0.2, 0.25) is 11.8 Å². The maximum absolute atomic E-state index is 13.9. The van der Waals surface area contributed by atoms with Crippen LogP contribution < -0.4 is 5.32 Å². The van der Waals surface area contributed by atoms with Gasteiger partial charge in [-0.15, -0.1) is 6.58 Å². The van der Waals surface area contributed by atoms with Gasteiger partial charge < -0.3 is 20.2 Å². The highest BCUT2D eigenvalue weighted by Gasteiger charge is 2.52. The molecule has 2 saturated heterocycles. The number of urea groups is 1. The van der Waals surface area contributed by atoms with Gasteiger partial charge in [0.25, 0.3) is 0 Å². The highest BCUT2D eigenvalue weighted by molar-refractivity contribution is 6.31. The van der Waals surface area contributed by atoms with Crippen molar-refractivity contribution >= 4 is 29.4 Å². The fourth-order valence-corrected chi connectivity index (χ4v) is 5.56. The SMILES string of the molecule is C=CCN(C(=O)NCc1ccccc1)N1CC(=O)N2[C@@H](Cc3ccc(O)cc3)C(=O)N(Cc3ccccc3Cl)C[C@@H]21. The first-order valence-electron chi connectivity index (χ1n) is 13.4. The maximum atomic E-state index is 13.9. The summed E-state index contributed by atoms with van der Waals surface area (Å²) in [6.45, 7) is 4.72. The number of hydrazine groups is 1. The minimum absolute atomic E-state index is 0.0590. The minimum Gasteiger partial charge on any atom is -0.508 e. The molecule has 4 amide bonds. The Balaban J connectivity index is 1.44. The van der Waals surface area contributed by atoms with Crippen LogP contribution in [-0.2, 0) is 29.1 Å². The predicted octanol–water partition coefficient (Wildman–Crippen LogP) is 3.78. The number of carbonyl (C=O) groups excluding carboxylic acids is 3. The normalized spacial score (nSPS) is 18.8. The highest BCUT2D eigenvalue weighted by Crippen LogP contribution is 2.31. The Morgan fingerprint density at radius 2 is 1.73 bits per heavy atom. The molecule has 2 atom stereocenters. The number of nitrogens with zero attached hydrogens (tertiary/aromatic N) is 4. The zero-order valence-corrected chi connectivity index (χ0v) is 23.3. The van der Waals surface area contributed by atoms with Crippen LogP contribution in [0.1, 0.15) is 16.7 Å². The number of nitrogens with one attached hydrogen (secondary N) is 1. The summed E-state index contributed by atoms with van der Waals surface area (Å²) in [5.74, 6) is -0.324. The van der Waals surface area contributed by atoms with Crippen molar-refractivity contribution in [1.82, 2.24) is 25.1 Å². The third kappa shape index (κ3) is 6.21. The molecule has 2 aliphatic heterocycles. The number of carbonyl (C=O) groups is 3. The lowest BCUT2D eigenvalue weighted by molar-refractivity contribution is -0.157. The number of phenolic OH excluding ortho intramolecular Hbond substituents is 1. The summed E-state index contributed by atoms with van der Waals surface area (Å²) in [6.07, 6.45) is 1.29. The molecular formula is C31H32ClN5O4. The zero-order chi connectivity index (χ0) is 28.9. The van der Waals surface area contributed by atoms with E-state index < -0.39 is 12.2 Å². The van der Waals surface area contributed by atoms with E-state index in [2.05, 4.69) is 11.9 Å². The third-order valence-corrected chi connectivity index (χ3v) is 7.75. The first-order chi connectivity index (χ1) is 19.9. The van der Waals surface area contributed by atoms with Crippen LogP contribution in [0.25, 0.3) is 0 Å². The number of amides is 4. The second kappa shape index (κ2) is 12.4. The van der Waals surface area contributed by atoms with Gasteiger partial charge in [-0.05, 0) is 34.9 Å². The largest absolute Gasteiger partial charge is 0.508 e. The third-order valence-electron chi connectivity index (χ3n) is 7.38. The molecule has 5 rings (SSSR count). The number of piperazine rings is 1. The molecule has 212 valence electrons. The number of aromatic hydroxyl groups is 1. The van der Waals surface area contributed by atoms with Crippen LogP contribution in [0, 0.1) is 0 Å². The molecule has 41 heavy (non-hydrogen) atoms. The zero-order valence-electron chi connectivity index (χ0n) is 22.5. The lowest BCUT2D eigenvalue weighted by Gasteiger charge is -2.46. The van der Waals surface area contributed by atoms with E-state index in [1.165, 1.54) is 5.01 Å². The molecule has 0 bridgehead atoms. The average Bonchev–Trinajstić information content (AvgIpc) is 3.30. The van der Waals surface area contributed by atoms with Crippen molar-refractivity contribution in [2.45, 2.75) is 31.7 Å². The summed E-state index contributed by atoms with van der Waals surface area (Å²) < 4.78 is 0. The van der Waals surface area contributed by atoms with E-state index in [-0.39, 0.29) is 56.2 Å². The van der Waals surface area contributed by atoms with Crippen molar-refractivity contribution in [2.75, 3.05) is 19.6 Å². The number of phenols is 1. The molecule has 0 unspecified atom stereocenters. The summed E-state index contributed by atoms with van der Waals surface area (Å²) >= 11 is 6.44. The van der Waals surface area contributed by atoms with Gasteiger partial charge in [0.1, 0.15) is 18.0 Å². The van der Waals surface area contributed by atoms with Gasteiger partial charge in [-0.1, -0.05) is 78.3 Å². The molecule has 3 aromatic carbocycles. The van der Waals surface area contributed by atoms with Crippen LogP contribution >= 0.6 is 11.6 Å². The van der Waals surface area contributed by atoms with Crippen molar-refractivity contribution in [2.24, 2.45) is 0 Å². The lowest BCUT2D eigenvalue weighted by Crippen LogP contribution is -2.66. The summed E-state index contributed by atoms with van der Waals surface area (Å²) in [6, 6.07) is 22.3. The van der Waals surface area contributed by atoms with Crippen molar-refractivity contribution < 1.29 is 19.5 Å². The van der Waals surface area contributed by atoms with Gasteiger partial charge in [0.15, 0.2) is 0 Å². The molecule has 2 aliphatic rings. The van der Waals surface area contributed by atoms with Crippen molar-refractivity contribution in [3.63, 3.8) is 0 Å². The van der Waals surface area contributed by atoms with Crippen LogP contribution in [0.4, 0.5) is 4.79 Å². The number of rotatable bonds is 9. The molecule has 2 heterocycles. The average molecular weight is 574 g/mol. The Morgan fingerprint density at radius 3 is 2.44 bits per heavy atom. The second-order valence-corrected chi connectivity index (χ2v) is 10.5. The molecule has 0 spiro atoms. The Bertz CT molecular complexity index is 1420. The predicted molar refractivity (Wildman–Crippen MR) is 155 cm³/mol. The molecule has 0 saturated carbocycles. The molecular weight excluding hydrogens is 542 g/mol. The molecule has 0 aromatic heterocycles. The number of benzene rings is 3. The molecule has 10 heteroatoms. The quantitative estimate of drug-likeness (QED) is 0.380. The first-order valence-corrected chi connectivity index (χ1v) is 13.8. The molecule has 0 radical (unpaired) electrons. The summed E-state index contributed by atoms with van der Waals surface area (Å²) in [5.41, 5.74) is 2.54. The molecule has 3 aromatic rings. The Hall–Kier alpha value is -4.34. The smallest absolute Gasteiger partial charge is 0.332 e. The van der Waals surface area contributed by atoms with E-state index in [9.17, 15) is 19.5 Å². The van der Waals surface area contributed by atoms with E-state index in [0.29, 0.717) is 11.6 Å². The van der Waals surface area contributed by atoms with E-state index in [1.807, 2.05) is 48.5 Å². The standard InChI is InChI=1S/C31H32ClN5O4/c1-2-16-35(31(41)33-18-23-8-4-3-5-9-23)36-21-29(39)37-27(17-22-12-14-25(38)15-13-22)30(40)34(20-28(36)37)19-24-10-6-7-11-26(24)32/h2-15,27-28,38H,1,16-21H2,(H,33,41)/t27-,28+/m0/s1. The van der Waals surface area contributed by atoms with Crippen LogP contribution in [0.15, 0.2) is 91.5 Å². The number of hydrogen-bond acceptors (Lipinski definition) is 5. The van der Waals surface area contributed by atoms with Gasteiger partial charge in [0.05, 0.1) is 19.6 Å². The first kappa shape index (κ1) is 28.2. The minimum atomic E-state index is -0.795. The van der Waals surface area contributed by atoms with Crippen molar-refractivity contribution in [1.29, 1.82) is 0 Å². The van der Waals surface area contributed by atoms with Crippen LogP contribution in [0.3, 0.4) is 0 Å². The van der Waals surface area contributed by atoms with Gasteiger partial charge in [0, 0.05) is 24.5 Å². The number of fused-ring (bicyclic) bond motifs is 1. The molecule has 0 aliphatic carbocycles. The number of halogens is 1.